The molecule has 0 aliphatic heterocycles. The Bertz CT molecular complexity index is 1250. The van der Waals surface area contributed by atoms with E-state index in [1.165, 1.54) is 20.3 Å². The van der Waals surface area contributed by atoms with E-state index >= 15 is 0 Å². The molecule has 0 atom stereocenters. The summed E-state index contributed by atoms with van der Waals surface area (Å²) in [7, 11) is 2.67. The highest BCUT2D eigenvalue weighted by molar-refractivity contribution is 5.84. The SMILES string of the molecule is CCN(CC)CCn1cc(-c2cnc3[nH]cc(Cc4c(F)c(OC)cc(OC)c4F)c3c2)cn1. The number of aromatic amines is 1. The number of pyridine rings is 1. The van der Waals surface area contributed by atoms with Crippen molar-refractivity contribution in [1.29, 1.82) is 0 Å². The van der Waals surface area contributed by atoms with Crippen LogP contribution in [0.2, 0.25) is 0 Å². The Morgan fingerprint density at radius 1 is 1.00 bits per heavy atom. The summed E-state index contributed by atoms with van der Waals surface area (Å²) in [6, 6.07) is 3.17. The van der Waals surface area contributed by atoms with Crippen LogP contribution in [-0.2, 0) is 13.0 Å². The number of nitrogens with one attached hydrogen (secondary N) is 1. The van der Waals surface area contributed by atoms with Crippen molar-refractivity contribution in [2.75, 3.05) is 33.9 Å². The summed E-state index contributed by atoms with van der Waals surface area (Å²) in [4.78, 5) is 9.93. The molecule has 180 valence electrons. The predicted octanol–water partition coefficient (Wildman–Crippen LogP) is 4.65. The smallest absolute Gasteiger partial charge is 0.171 e. The number of halogens is 2. The van der Waals surface area contributed by atoms with Gasteiger partial charge in [-0.1, -0.05) is 13.8 Å². The van der Waals surface area contributed by atoms with Gasteiger partial charge in [0, 0.05) is 59.7 Å². The molecule has 4 rings (SSSR count). The zero-order valence-corrected chi connectivity index (χ0v) is 19.9. The van der Waals surface area contributed by atoms with E-state index in [4.69, 9.17) is 9.47 Å². The second kappa shape index (κ2) is 10.2. The number of benzene rings is 1. The summed E-state index contributed by atoms with van der Waals surface area (Å²) in [5, 5.41) is 5.27. The highest BCUT2D eigenvalue weighted by Gasteiger charge is 2.21. The molecule has 0 aliphatic carbocycles. The van der Waals surface area contributed by atoms with Crippen molar-refractivity contribution in [3.05, 3.63) is 59.7 Å². The average Bonchev–Trinajstić information content (AvgIpc) is 3.49. The van der Waals surface area contributed by atoms with Gasteiger partial charge in [-0.15, -0.1) is 0 Å². The molecule has 0 amide bonds. The van der Waals surface area contributed by atoms with Gasteiger partial charge < -0.3 is 19.4 Å². The van der Waals surface area contributed by atoms with Crippen LogP contribution in [0.5, 0.6) is 11.5 Å². The number of hydrogen-bond acceptors (Lipinski definition) is 5. The molecule has 0 saturated heterocycles. The first kappa shape index (κ1) is 23.7. The van der Waals surface area contributed by atoms with Crippen LogP contribution in [0.1, 0.15) is 25.0 Å². The molecule has 34 heavy (non-hydrogen) atoms. The molecule has 1 N–H and O–H groups in total. The van der Waals surface area contributed by atoms with Gasteiger partial charge in [-0.25, -0.2) is 13.8 Å². The Labute approximate surface area is 197 Å². The third kappa shape index (κ3) is 4.61. The van der Waals surface area contributed by atoms with Crippen molar-refractivity contribution in [3.63, 3.8) is 0 Å². The Morgan fingerprint density at radius 3 is 2.35 bits per heavy atom. The molecule has 0 bridgehead atoms. The minimum atomic E-state index is -0.742. The zero-order valence-electron chi connectivity index (χ0n) is 19.9. The fourth-order valence-corrected chi connectivity index (χ4v) is 4.06. The van der Waals surface area contributed by atoms with Crippen LogP contribution in [0, 0.1) is 11.6 Å². The Morgan fingerprint density at radius 2 is 1.71 bits per heavy atom. The van der Waals surface area contributed by atoms with Crippen LogP contribution in [0.15, 0.2) is 36.9 Å². The Kier molecular flexibility index (Phi) is 7.12. The summed E-state index contributed by atoms with van der Waals surface area (Å²) >= 11 is 0. The van der Waals surface area contributed by atoms with Crippen LogP contribution in [-0.4, -0.2) is 58.5 Å². The molecule has 0 fully saturated rings. The third-order valence-corrected chi connectivity index (χ3v) is 6.15. The van der Waals surface area contributed by atoms with Crippen molar-refractivity contribution in [2.24, 2.45) is 0 Å². The van der Waals surface area contributed by atoms with Gasteiger partial charge in [-0.2, -0.15) is 5.10 Å². The lowest BCUT2D eigenvalue weighted by Crippen LogP contribution is -2.27. The zero-order chi connectivity index (χ0) is 24.2. The lowest BCUT2D eigenvalue weighted by Gasteiger charge is -2.17. The monoisotopic (exact) mass is 469 g/mol. The van der Waals surface area contributed by atoms with E-state index in [-0.39, 0.29) is 23.5 Å². The fourth-order valence-electron chi connectivity index (χ4n) is 4.06. The quantitative estimate of drug-likeness (QED) is 0.366. The lowest BCUT2D eigenvalue weighted by molar-refractivity contribution is 0.285. The molecular formula is C25H29F2N5O2. The standard InChI is InChI=1S/C25H29F2N5O2/c1-5-31(6-2)7-8-32-15-18(14-30-32)16-9-19-17(13-29-25(19)28-12-16)10-20-23(26)21(33-3)11-22(34-4)24(20)27/h9,11-15H,5-8,10H2,1-4H3,(H,28,29). The molecule has 0 spiro atoms. The molecule has 0 unspecified atom stereocenters. The van der Waals surface area contributed by atoms with Gasteiger partial charge in [0.05, 0.1) is 27.0 Å². The number of rotatable bonds is 10. The molecule has 3 heterocycles. The Balaban J connectivity index is 1.64. The number of ether oxygens (including phenoxy) is 2. The van der Waals surface area contributed by atoms with E-state index in [9.17, 15) is 8.78 Å². The van der Waals surface area contributed by atoms with Crippen molar-refractivity contribution in [1.82, 2.24) is 24.6 Å². The van der Waals surface area contributed by atoms with Gasteiger partial charge in [-0.05, 0) is 24.7 Å². The van der Waals surface area contributed by atoms with E-state index in [1.807, 2.05) is 23.1 Å². The minimum Gasteiger partial charge on any atom is -0.494 e. The second-order valence-electron chi connectivity index (χ2n) is 8.02. The highest BCUT2D eigenvalue weighted by atomic mass is 19.1. The number of fused-ring (bicyclic) bond motifs is 1. The number of H-pyrrole nitrogens is 1. The van der Waals surface area contributed by atoms with Gasteiger partial charge in [0.25, 0.3) is 0 Å². The van der Waals surface area contributed by atoms with Crippen molar-refractivity contribution in [3.8, 4) is 22.6 Å². The first-order chi connectivity index (χ1) is 16.5. The first-order valence-corrected chi connectivity index (χ1v) is 11.3. The van der Waals surface area contributed by atoms with Gasteiger partial charge in [0.2, 0.25) is 0 Å². The molecule has 0 saturated carbocycles. The van der Waals surface area contributed by atoms with Crippen molar-refractivity contribution in [2.45, 2.75) is 26.8 Å². The topological polar surface area (TPSA) is 68.2 Å². The average molecular weight is 470 g/mol. The molecular weight excluding hydrogens is 440 g/mol. The number of likely N-dealkylation sites (N-methyl/N-ethyl adjacent to an activating group) is 1. The van der Waals surface area contributed by atoms with Gasteiger partial charge in [0.15, 0.2) is 23.1 Å². The number of methoxy groups -OCH3 is 2. The lowest BCUT2D eigenvalue weighted by atomic mass is 10.0. The minimum absolute atomic E-state index is 0.0134. The maximum atomic E-state index is 14.9. The maximum Gasteiger partial charge on any atom is 0.171 e. The molecule has 0 aliphatic rings. The molecule has 1 aromatic carbocycles. The van der Waals surface area contributed by atoms with E-state index in [1.54, 1.807) is 12.4 Å². The van der Waals surface area contributed by atoms with Crippen LogP contribution in [0.3, 0.4) is 0 Å². The van der Waals surface area contributed by atoms with E-state index in [0.717, 1.165) is 42.7 Å². The maximum absolute atomic E-state index is 14.9. The number of aromatic nitrogens is 4. The summed E-state index contributed by atoms with van der Waals surface area (Å²) < 4.78 is 41.9. The van der Waals surface area contributed by atoms with Crippen LogP contribution in [0.25, 0.3) is 22.2 Å². The van der Waals surface area contributed by atoms with Gasteiger partial charge in [0.1, 0.15) is 5.65 Å². The third-order valence-electron chi connectivity index (χ3n) is 6.15. The summed E-state index contributed by atoms with van der Waals surface area (Å²) in [5.74, 6) is -1.62. The Hall–Kier alpha value is -3.46. The highest BCUT2D eigenvalue weighted by Crippen LogP contribution is 2.34. The van der Waals surface area contributed by atoms with Gasteiger partial charge in [-0.3, -0.25) is 4.68 Å². The molecule has 9 heteroatoms. The first-order valence-electron chi connectivity index (χ1n) is 11.3. The predicted molar refractivity (Wildman–Crippen MR) is 127 cm³/mol. The summed E-state index contributed by atoms with van der Waals surface area (Å²) in [6.45, 7) is 8.01. The summed E-state index contributed by atoms with van der Waals surface area (Å²) in [5.41, 5.74) is 3.05. The molecule has 3 aromatic heterocycles. The van der Waals surface area contributed by atoms with Crippen LogP contribution < -0.4 is 9.47 Å². The summed E-state index contributed by atoms with van der Waals surface area (Å²) in [6.07, 6.45) is 7.30. The van der Waals surface area contributed by atoms with Crippen LogP contribution in [0.4, 0.5) is 8.78 Å². The van der Waals surface area contributed by atoms with Crippen LogP contribution >= 0.6 is 0 Å². The van der Waals surface area contributed by atoms with E-state index in [2.05, 4.69) is 33.8 Å². The van der Waals surface area contributed by atoms with Crippen molar-refractivity contribution >= 4 is 11.0 Å². The fraction of sp³-hybridized carbons (Fsp3) is 0.360. The van der Waals surface area contributed by atoms with E-state index < -0.39 is 11.6 Å². The number of hydrogen-bond donors (Lipinski definition) is 1. The van der Waals surface area contributed by atoms with Crippen molar-refractivity contribution < 1.29 is 18.3 Å². The van der Waals surface area contributed by atoms with Gasteiger partial charge >= 0.3 is 0 Å². The molecule has 7 nitrogen and oxygen atoms in total. The van der Waals surface area contributed by atoms with E-state index in [0.29, 0.717) is 11.2 Å². The number of nitrogens with zero attached hydrogens (tertiary/aromatic N) is 4. The largest absolute Gasteiger partial charge is 0.494 e. The molecule has 0 radical (unpaired) electrons. The normalized spacial score (nSPS) is 11.5. The second-order valence-corrected chi connectivity index (χ2v) is 8.02. The molecule has 4 aromatic rings.